The van der Waals surface area contributed by atoms with Crippen LogP contribution in [0.1, 0.15) is 39.0 Å². The maximum Gasteiger partial charge on any atom is 0.239 e. The molecule has 3 rings (SSSR count). The molecule has 7 heteroatoms. The molecule has 2 heterocycles. The molecule has 1 amide bonds. The molecule has 0 aromatic carbocycles. The van der Waals surface area contributed by atoms with Gasteiger partial charge in [0.2, 0.25) is 5.91 Å². The van der Waals surface area contributed by atoms with E-state index in [-0.39, 0.29) is 11.9 Å². The fourth-order valence-corrected chi connectivity index (χ4v) is 4.02. The molecule has 1 atom stereocenters. The van der Waals surface area contributed by atoms with E-state index in [1.54, 1.807) is 7.05 Å². The Balaban J connectivity index is 1.46. The summed E-state index contributed by atoms with van der Waals surface area (Å²) < 4.78 is 0. The fraction of sp³-hybridized carbons (Fsp3) is 0.889. The van der Waals surface area contributed by atoms with Crippen LogP contribution < -0.4 is 5.32 Å². The number of nitrogens with zero attached hydrogens (tertiary/aromatic N) is 4. The van der Waals surface area contributed by atoms with E-state index in [1.807, 2.05) is 11.8 Å². The van der Waals surface area contributed by atoms with Gasteiger partial charge in [0.1, 0.15) is 0 Å². The van der Waals surface area contributed by atoms with Crippen molar-refractivity contribution < 1.29 is 9.90 Å². The second-order valence-corrected chi connectivity index (χ2v) is 7.71. The van der Waals surface area contributed by atoms with Crippen molar-refractivity contribution in [2.45, 2.75) is 50.7 Å². The molecule has 1 saturated carbocycles. The van der Waals surface area contributed by atoms with Crippen molar-refractivity contribution >= 4 is 11.9 Å². The van der Waals surface area contributed by atoms with Gasteiger partial charge in [0, 0.05) is 52.9 Å². The maximum absolute atomic E-state index is 12.6. The minimum atomic E-state index is -0.547. The number of rotatable bonds is 4. The van der Waals surface area contributed by atoms with Crippen molar-refractivity contribution in [3.63, 3.8) is 0 Å². The third-order valence-electron chi connectivity index (χ3n) is 6.01. The van der Waals surface area contributed by atoms with E-state index >= 15 is 0 Å². The molecule has 2 aliphatic heterocycles. The van der Waals surface area contributed by atoms with Gasteiger partial charge in [0.25, 0.3) is 0 Å². The molecule has 3 aliphatic rings. The summed E-state index contributed by atoms with van der Waals surface area (Å²) in [4.78, 5) is 23.5. The minimum absolute atomic E-state index is 0.0362. The number of guanidine groups is 1. The van der Waals surface area contributed by atoms with Gasteiger partial charge in [0.05, 0.1) is 11.6 Å². The number of likely N-dealkylation sites (tertiary alicyclic amines) is 1. The van der Waals surface area contributed by atoms with Crippen LogP contribution in [0, 0.1) is 0 Å². The van der Waals surface area contributed by atoms with Crippen LogP contribution in [0.3, 0.4) is 0 Å². The highest BCUT2D eigenvalue weighted by molar-refractivity contribution is 5.82. The summed E-state index contributed by atoms with van der Waals surface area (Å²) in [5.74, 6) is 1.14. The Hall–Kier alpha value is -1.34. The van der Waals surface area contributed by atoms with E-state index in [1.165, 1.54) is 0 Å². The molecule has 0 aromatic rings. The highest BCUT2D eigenvalue weighted by Gasteiger charge is 2.35. The predicted octanol–water partition coefficient (Wildman–Crippen LogP) is 0.105. The Bertz CT molecular complexity index is 492. The molecule has 3 fully saturated rings. The molecular formula is C18H33N5O2. The number of amides is 1. The van der Waals surface area contributed by atoms with E-state index in [0.29, 0.717) is 6.54 Å². The largest absolute Gasteiger partial charge is 0.388 e. The Morgan fingerprint density at radius 1 is 1.08 bits per heavy atom. The molecule has 0 radical (unpaired) electrons. The number of hydrogen-bond acceptors (Lipinski definition) is 4. The average Bonchev–Trinajstić information content (AvgIpc) is 3.14. The predicted molar refractivity (Wildman–Crippen MR) is 98.6 cm³/mol. The molecule has 2 N–H and O–H groups in total. The zero-order valence-corrected chi connectivity index (χ0v) is 15.7. The molecule has 142 valence electrons. The average molecular weight is 351 g/mol. The first kappa shape index (κ1) is 18.5. The minimum Gasteiger partial charge on any atom is -0.388 e. The lowest BCUT2D eigenvalue weighted by atomic mass is 9.80. The number of aliphatic imine (C=N–C) groups is 1. The van der Waals surface area contributed by atoms with Crippen LogP contribution >= 0.6 is 0 Å². The lowest BCUT2D eigenvalue weighted by molar-refractivity contribution is -0.135. The van der Waals surface area contributed by atoms with Crippen LogP contribution in [0.25, 0.3) is 0 Å². The number of piperazine rings is 1. The van der Waals surface area contributed by atoms with Crippen LogP contribution in [0.5, 0.6) is 0 Å². The molecule has 25 heavy (non-hydrogen) atoms. The molecular weight excluding hydrogens is 318 g/mol. The van der Waals surface area contributed by atoms with Crippen LogP contribution in [-0.4, -0.2) is 96.2 Å². The third kappa shape index (κ3) is 4.26. The molecule has 0 aromatic heterocycles. The zero-order valence-electron chi connectivity index (χ0n) is 15.7. The number of aliphatic hydroxyl groups is 1. The Kier molecular flexibility index (Phi) is 5.84. The van der Waals surface area contributed by atoms with Gasteiger partial charge in [-0.05, 0) is 39.0 Å². The first-order valence-electron chi connectivity index (χ1n) is 9.73. The van der Waals surface area contributed by atoms with E-state index in [0.717, 1.165) is 77.3 Å². The summed E-state index contributed by atoms with van der Waals surface area (Å²) >= 11 is 0. The first-order chi connectivity index (χ1) is 12.0. The van der Waals surface area contributed by atoms with Crippen LogP contribution in [0.2, 0.25) is 0 Å². The Labute approximate surface area is 151 Å². The number of carbonyl (C=O) groups is 1. The highest BCUT2D eigenvalue weighted by atomic mass is 16.3. The van der Waals surface area contributed by atoms with Gasteiger partial charge in [-0.2, -0.15) is 0 Å². The summed E-state index contributed by atoms with van der Waals surface area (Å²) in [6, 6.07) is -0.0362. The summed E-state index contributed by atoms with van der Waals surface area (Å²) in [5, 5.41) is 13.6. The van der Waals surface area contributed by atoms with Gasteiger partial charge in [-0.1, -0.05) is 0 Å². The van der Waals surface area contributed by atoms with Gasteiger partial charge >= 0.3 is 0 Å². The van der Waals surface area contributed by atoms with Crippen molar-refractivity contribution in [2.24, 2.45) is 4.99 Å². The van der Waals surface area contributed by atoms with Crippen LogP contribution in [0.4, 0.5) is 0 Å². The normalized spacial score (nSPS) is 25.6. The van der Waals surface area contributed by atoms with E-state index in [9.17, 15) is 9.90 Å². The van der Waals surface area contributed by atoms with Crippen molar-refractivity contribution in [1.29, 1.82) is 0 Å². The molecule has 0 bridgehead atoms. The van der Waals surface area contributed by atoms with Gasteiger partial charge in [-0.25, -0.2) is 0 Å². The van der Waals surface area contributed by atoms with Crippen molar-refractivity contribution in [3.05, 3.63) is 0 Å². The molecule has 0 spiro atoms. The van der Waals surface area contributed by atoms with Crippen molar-refractivity contribution in [2.75, 3.05) is 52.9 Å². The van der Waals surface area contributed by atoms with Crippen LogP contribution in [0.15, 0.2) is 4.99 Å². The van der Waals surface area contributed by atoms with E-state index < -0.39 is 5.60 Å². The van der Waals surface area contributed by atoms with Crippen LogP contribution in [-0.2, 0) is 4.79 Å². The van der Waals surface area contributed by atoms with E-state index in [4.69, 9.17) is 0 Å². The smallest absolute Gasteiger partial charge is 0.239 e. The first-order valence-corrected chi connectivity index (χ1v) is 9.73. The number of hydrogen-bond donors (Lipinski definition) is 2. The summed E-state index contributed by atoms with van der Waals surface area (Å²) in [6.45, 7) is 7.90. The number of nitrogens with one attached hydrogen (secondary N) is 1. The third-order valence-corrected chi connectivity index (χ3v) is 6.01. The standard InChI is InChI=1S/C18H33N5O2/c1-15(16(24)22-8-3-4-9-22)21-10-12-23(13-11-21)17(19-2)20-14-18(25)6-5-7-18/h15,25H,3-14H2,1-2H3,(H,19,20). The molecule has 1 unspecified atom stereocenters. The topological polar surface area (TPSA) is 71.4 Å². The van der Waals surface area contributed by atoms with Gasteiger partial charge in [0.15, 0.2) is 5.96 Å². The molecule has 1 aliphatic carbocycles. The molecule has 2 saturated heterocycles. The SMILES string of the molecule is CN=C(NCC1(O)CCC1)N1CCN(C(C)C(=O)N2CCCC2)CC1. The fourth-order valence-electron chi connectivity index (χ4n) is 4.02. The van der Waals surface area contributed by atoms with Gasteiger partial charge < -0.3 is 20.2 Å². The summed E-state index contributed by atoms with van der Waals surface area (Å²) in [6.07, 6.45) is 5.14. The molecule has 7 nitrogen and oxygen atoms in total. The summed E-state index contributed by atoms with van der Waals surface area (Å²) in [7, 11) is 1.79. The second-order valence-electron chi connectivity index (χ2n) is 7.71. The van der Waals surface area contributed by atoms with Gasteiger partial charge in [-0.15, -0.1) is 0 Å². The maximum atomic E-state index is 12.6. The quantitative estimate of drug-likeness (QED) is 0.555. The second kappa shape index (κ2) is 7.91. The monoisotopic (exact) mass is 351 g/mol. The van der Waals surface area contributed by atoms with Crippen molar-refractivity contribution in [1.82, 2.24) is 20.0 Å². The van der Waals surface area contributed by atoms with E-state index in [2.05, 4.69) is 20.1 Å². The Morgan fingerprint density at radius 2 is 1.72 bits per heavy atom. The number of carbonyl (C=O) groups excluding carboxylic acids is 1. The lowest BCUT2D eigenvalue weighted by Crippen LogP contribution is -2.58. The lowest BCUT2D eigenvalue weighted by Gasteiger charge is -2.41. The zero-order chi connectivity index (χ0) is 17.9. The van der Waals surface area contributed by atoms with Gasteiger partial charge in [-0.3, -0.25) is 14.7 Å². The highest BCUT2D eigenvalue weighted by Crippen LogP contribution is 2.30. The summed E-state index contributed by atoms with van der Waals surface area (Å²) in [5.41, 5.74) is -0.547. The van der Waals surface area contributed by atoms with Crippen molar-refractivity contribution in [3.8, 4) is 0 Å². The Morgan fingerprint density at radius 3 is 2.24 bits per heavy atom.